The molecule has 0 fully saturated rings. The van der Waals surface area contributed by atoms with Crippen molar-refractivity contribution in [1.82, 2.24) is 4.68 Å². The molecule has 0 radical (unpaired) electrons. The quantitative estimate of drug-likeness (QED) is 0.606. The summed E-state index contributed by atoms with van der Waals surface area (Å²) in [6.07, 6.45) is 0. The number of para-hydroxylation sites is 1. The second-order valence-corrected chi connectivity index (χ2v) is 3.06. The van der Waals surface area contributed by atoms with Gasteiger partial charge in [-0.2, -0.15) is 0 Å². The maximum Gasteiger partial charge on any atom is 0.272 e. The van der Waals surface area contributed by atoms with Crippen LogP contribution in [0.3, 0.4) is 0 Å². The Hall–Kier alpha value is -1.77. The molecule has 0 aliphatic carbocycles. The lowest BCUT2D eigenvalue weighted by molar-refractivity contribution is 0.970. The second kappa shape index (κ2) is 2.62. The molecule has 0 unspecified atom stereocenters. The van der Waals surface area contributed by atoms with Crippen molar-refractivity contribution in [2.75, 3.05) is 5.84 Å². The molecule has 0 saturated heterocycles. The first kappa shape index (κ1) is 7.86. The minimum Gasteiger partial charge on any atom is -0.336 e. The first-order valence-corrected chi connectivity index (χ1v) is 4.06. The standard InChI is InChI=1S/C10H10N2O/c1-7-6-8-4-2-3-5-9(8)12(11)10(7)13/h2-6H,11H2,1H3. The van der Waals surface area contributed by atoms with Crippen LogP contribution < -0.4 is 11.4 Å². The van der Waals surface area contributed by atoms with Gasteiger partial charge in [0.05, 0.1) is 5.52 Å². The molecule has 0 spiro atoms. The maximum absolute atomic E-state index is 11.4. The Morgan fingerprint density at radius 3 is 2.77 bits per heavy atom. The van der Waals surface area contributed by atoms with E-state index >= 15 is 0 Å². The first-order valence-electron chi connectivity index (χ1n) is 4.06. The average Bonchev–Trinajstić information content (AvgIpc) is 2.15. The highest BCUT2D eigenvalue weighted by molar-refractivity contribution is 5.79. The zero-order valence-electron chi connectivity index (χ0n) is 7.32. The van der Waals surface area contributed by atoms with E-state index in [-0.39, 0.29) is 5.56 Å². The fourth-order valence-corrected chi connectivity index (χ4v) is 1.42. The predicted octanol–water partition coefficient (Wildman–Crippen LogP) is 1.02. The van der Waals surface area contributed by atoms with Crippen LogP contribution in [0, 0.1) is 6.92 Å². The smallest absolute Gasteiger partial charge is 0.272 e. The minimum absolute atomic E-state index is 0.140. The monoisotopic (exact) mass is 174 g/mol. The van der Waals surface area contributed by atoms with Crippen LogP contribution in [-0.4, -0.2) is 4.68 Å². The number of hydrogen-bond acceptors (Lipinski definition) is 2. The molecule has 1 aromatic carbocycles. The molecular formula is C10H10N2O. The van der Waals surface area contributed by atoms with Gasteiger partial charge in [0.1, 0.15) is 0 Å². The van der Waals surface area contributed by atoms with E-state index < -0.39 is 0 Å². The molecule has 2 aromatic rings. The summed E-state index contributed by atoms with van der Waals surface area (Å²) in [7, 11) is 0. The number of nitrogens with two attached hydrogens (primary N) is 1. The molecule has 66 valence electrons. The van der Waals surface area contributed by atoms with Gasteiger partial charge >= 0.3 is 0 Å². The van der Waals surface area contributed by atoms with Crippen molar-refractivity contribution in [3.63, 3.8) is 0 Å². The molecular weight excluding hydrogens is 164 g/mol. The van der Waals surface area contributed by atoms with Crippen LogP contribution >= 0.6 is 0 Å². The number of benzene rings is 1. The fraction of sp³-hybridized carbons (Fsp3) is 0.100. The largest absolute Gasteiger partial charge is 0.336 e. The van der Waals surface area contributed by atoms with Gasteiger partial charge in [0, 0.05) is 10.9 Å². The fourth-order valence-electron chi connectivity index (χ4n) is 1.42. The molecule has 0 aliphatic rings. The van der Waals surface area contributed by atoms with Crippen molar-refractivity contribution in [3.05, 3.63) is 46.2 Å². The number of nitrogen functional groups attached to an aromatic ring is 1. The zero-order chi connectivity index (χ0) is 9.42. The van der Waals surface area contributed by atoms with E-state index in [4.69, 9.17) is 5.84 Å². The Labute approximate surface area is 75.4 Å². The van der Waals surface area contributed by atoms with E-state index in [2.05, 4.69) is 0 Å². The highest BCUT2D eigenvalue weighted by Gasteiger charge is 2.01. The van der Waals surface area contributed by atoms with E-state index in [0.717, 1.165) is 10.9 Å². The summed E-state index contributed by atoms with van der Waals surface area (Å²) in [5.41, 5.74) is 1.29. The van der Waals surface area contributed by atoms with Crippen LogP contribution in [0.5, 0.6) is 0 Å². The molecule has 0 bridgehead atoms. The molecule has 0 atom stereocenters. The number of fused-ring (bicyclic) bond motifs is 1. The summed E-state index contributed by atoms with van der Waals surface area (Å²) in [6.45, 7) is 1.76. The zero-order valence-corrected chi connectivity index (χ0v) is 7.32. The third kappa shape index (κ3) is 1.09. The predicted molar refractivity (Wildman–Crippen MR) is 53.1 cm³/mol. The SMILES string of the molecule is Cc1cc2ccccc2n(N)c1=O. The molecule has 2 N–H and O–H groups in total. The van der Waals surface area contributed by atoms with E-state index in [0.29, 0.717) is 5.56 Å². The van der Waals surface area contributed by atoms with Gasteiger partial charge in [-0.1, -0.05) is 18.2 Å². The Balaban J connectivity index is 3.02. The van der Waals surface area contributed by atoms with Crippen molar-refractivity contribution in [2.45, 2.75) is 6.92 Å². The summed E-state index contributed by atoms with van der Waals surface area (Å²) in [6, 6.07) is 9.40. The highest BCUT2D eigenvalue weighted by atomic mass is 16.1. The van der Waals surface area contributed by atoms with E-state index in [1.807, 2.05) is 30.3 Å². The van der Waals surface area contributed by atoms with Gasteiger partial charge in [-0.3, -0.25) is 4.79 Å². The summed E-state index contributed by atoms with van der Waals surface area (Å²) >= 11 is 0. The van der Waals surface area contributed by atoms with Gasteiger partial charge in [-0.25, -0.2) is 4.68 Å². The lowest BCUT2D eigenvalue weighted by Crippen LogP contribution is -2.28. The maximum atomic E-state index is 11.4. The number of pyridine rings is 1. The van der Waals surface area contributed by atoms with Crippen LogP contribution in [-0.2, 0) is 0 Å². The first-order chi connectivity index (χ1) is 6.20. The number of aromatic nitrogens is 1. The normalized spacial score (nSPS) is 10.5. The Morgan fingerprint density at radius 1 is 1.31 bits per heavy atom. The summed E-state index contributed by atoms with van der Waals surface area (Å²) < 4.78 is 1.19. The van der Waals surface area contributed by atoms with Gasteiger partial charge in [0.15, 0.2) is 0 Å². The lowest BCUT2D eigenvalue weighted by atomic mass is 10.2. The van der Waals surface area contributed by atoms with E-state index in [9.17, 15) is 4.79 Å². The van der Waals surface area contributed by atoms with Crippen LogP contribution in [0.2, 0.25) is 0 Å². The Bertz CT molecular complexity index is 514. The van der Waals surface area contributed by atoms with Crippen LogP contribution in [0.15, 0.2) is 35.1 Å². The number of aryl methyl sites for hydroxylation is 1. The third-order valence-electron chi connectivity index (χ3n) is 2.12. The van der Waals surface area contributed by atoms with Gasteiger partial charge in [0.2, 0.25) is 0 Å². The summed E-state index contributed by atoms with van der Waals surface area (Å²) in [5.74, 6) is 5.62. The van der Waals surface area contributed by atoms with Gasteiger partial charge < -0.3 is 5.84 Å². The topological polar surface area (TPSA) is 48.0 Å². The van der Waals surface area contributed by atoms with Gasteiger partial charge in [-0.15, -0.1) is 0 Å². The molecule has 1 aromatic heterocycles. The lowest BCUT2D eigenvalue weighted by Gasteiger charge is -2.04. The van der Waals surface area contributed by atoms with Crippen molar-refractivity contribution < 1.29 is 0 Å². The van der Waals surface area contributed by atoms with Crippen LogP contribution in [0.4, 0.5) is 0 Å². The van der Waals surface area contributed by atoms with Crippen LogP contribution in [0.1, 0.15) is 5.56 Å². The second-order valence-electron chi connectivity index (χ2n) is 3.06. The van der Waals surface area contributed by atoms with Crippen molar-refractivity contribution >= 4 is 10.9 Å². The number of rotatable bonds is 0. The Kier molecular flexibility index (Phi) is 1.59. The van der Waals surface area contributed by atoms with Crippen molar-refractivity contribution in [1.29, 1.82) is 0 Å². The average molecular weight is 174 g/mol. The molecule has 3 nitrogen and oxygen atoms in total. The van der Waals surface area contributed by atoms with E-state index in [1.54, 1.807) is 6.92 Å². The Morgan fingerprint density at radius 2 is 2.00 bits per heavy atom. The molecule has 13 heavy (non-hydrogen) atoms. The molecule has 3 heteroatoms. The van der Waals surface area contributed by atoms with Crippen LogP contribution in [0.25, 0.3) is 10.9 Å². The molecule has 0 saturated carbocycles. The molecule has 1 heterocycles. The van der Waals surface area contributed by atoms with E-state index in [1.165, 1.54) is 4.68 Å². The third-order valence-corrected chi connectivity index (χ3v) is 2.12. The van der Waals surface area contributed by atoms with Crippen molar-refractivity contribution in [3.8, 4) is 0 Å². The highest BCUT2D eigenvalue weighted by Crippen LogP contribution is 2.10. The molecule has 0 aliphatic heterocycles. The summed E-state index contributed by atoms with van der Waals surface area (Å²) in [5, 5.41) is 0.988. The van der Waals surface area contributed by atoms with Gasteiger partial charge in [0.25, 0.3) is 5.56 Å². The minimum atomic E-state index is -0.140. The van der Waals surface area contributed by atoms with Crippen molar-refractivity contribution in [2.24, 2.45) is 0 Å². The number of nitrogens with zero attached hydrogens (tertiary/aromatic N) is 1. The number of hydrogen-bond donors (Lipinski definition) is 1. The van der Waals surface area contributed by atoms with Gasteiger partial charge in [-0.05, 0) is 19.1 Å². The summed E-state index contributed by atoms with van der Waals surface area (Å²) in [4.78, 5) is 11.4. The molecule has 0 amide bonds. The molecule has 2 rings (SSSR count).